The van der Waals surface area contributed by atoms with Gasteiger partial charge < -0.3 is 64.9 Å². The van der Waals surface area contributed by atoms with Gasteiger partial charge in [-0.1, -0.05) is 214 Å². The molecule has 6 aromatic carbocycles. The minimum atomic E-state index is -1.14. The smallest absolute Gasteiger partial charge is 0.309 e. The molecule has 21 nitrogen and oxygen atoms in total. The van der Waals surface area contributed by atoms with Crippen LogP contribution in [0.5, 0.6) is 0 Å². The lowest BCUT2D eigenvalue weighted by molar-refractivity contribution is -0.162. The largest absolute Gasteiger partial charge is 0.481 e. The number of para-hydroxylation sites is 2. The third-order valence-electron chi connectivity index (χ3n) is 31.4. The Hall–Kier alpha value is -11.5. The number of nitrogens with zero attached hydrogens (tertiary/aromatic N) is 3. The van der Waals surface area contributed by atoms with Crippen LogP contribution in [0.1, 0.15) is 292 Å². The number of hydrogen-bond donors (Lipinski definition) is 9. The van der Waals surface area contributed by atoms with E-state index in [0.29, 0.717) is 98.2 Å². The van der Waals surface area contributed by atoms with Crippen molar-refractivity contribution in [1.29, 1.82) is 0 Å². The summed E-state index contributed by atoms with van der Waals surface area (Å²) in [5.74, 6) is 0.756. The molecule has 9 N–H and O–H groups in total. The number of cyclic esters (lactones) is 2. The number of carboxylic acid groups (broad SMARTS) is 1. The highest BCUT2D eigenvalue weighted by molar-refractivity contribution is 6.03. The average molecular weight is 2060 g/mol. The Balaban J connectivity index is 0.000000148. The number of aryl methyl sites for hydroxylation is 2. The number of fused-ring (bicyclic) bond motifs is 5. The monoisotopic (exact) mass is 2050 g/mol. The van der Waals surface area contributed by atoms with E-state index in [1.165, 1.54) is 41.5 Å². The third-order valence-corrected chi connectivity index (χ3v) is 31.4. The van der Waals surface area contributed by atoms with Gasteiger partial charge in [0.2, 0.25) is 0 Å². The van der Waals surface area contributed by atoms with Crippen molar-refractivity contribution in [1.82, 2.24) is 15.0 Å². The van der Waals surface area contributed by atoms with Gasteiger partial charge in [-0.15, -0.1) is 0 Å². The summed E-state index contributed by atoms with van der Waals surface area (Å²) >= 11 is 0. The molecule has 0 spiro atoms. The molecule has 3 aromatic heterocycles. The lowest BCUT2D eigenvalue weighted by Crippen LogP contribution is -2.42. The van der Waals surface area contributed by atoms with Crippen molar-refractivity contribution in [2.75, 3.05) is 0 Å². The lowest BCUT2D eigenvalue weighted by Gasteiger charge is -2.44. The van der Waals surface area contributed by atoms with Gasteiger partial charge in [0.25, 0.3) is 0 Å². The number of carbonyl (C=O) groups is 5. The van der Waals surface area contributed by atoms with Crippen LogP contribution in [-0.4, -0.2) is 164 Å². The number of esters is 4. The molecule has 5 heterocycles. The van der Waals surface area contributed by atoms with Crippen molar-refractivity contribution in [2.45, 2.75) is 335 Å². The molecule has 2 aliphatic heterocycles. The SMILES string of the molecule is CC[C@H](O)C[C@@H](O)CC[C@@H]1[C@@H]2C(=C[C@H](C)C[C@@H]2OC(=O)[C@@H](C)CC)C=C[C@@H]1C.CC[C@H](O)C[C@H](O)/C=C/c1c(C2CC2)nc2ccccc2c1-c1ccc(F)cc1.CC[C@H]1C=C2C=C[C@H](C)[C@H](CC[C@@H]3C[C@@H](O)CC(=O)O3)[C@H]2[C@@H](OC(=O)[C@@H](C)CC)C1.Cc1cc(F)ccc1-c1c(/C=C/[C@@H]2C[C@@H](O)CC(=O)O2)c(C2CC2)nc2ccccc12.Cc1ccc2nc(C3CC3)c(/C=C/[C@@H](O)C[C@@H](O)CC(=O)O)c(-c3ccc(F)cc3)c2c1. The molecule has 3 saturated carbocycles. The van der Waals surface area contributed by atoms with Crippen LogP contribution in [0.15, 0.2) is 199 Å². The summed E-state index contributed by atoms with van der Waals surface area (Å²) in [6.45, 7) is 24.5. The number of hydrogen-bond acceptors (Lipinski definition) is 20. The number of ether oxygens (including phenoxy) is 4. The Bertz CT molecular complexity index is 6380. The van der Waals surface area contributed by atoms with Crippen LogP contribution in [0.4, 0.5) is 13.2 Å². The number of aliphatic carboxylic acids is 1. The number of aliphatic hydroxyl groups is 8. The summed E-state index contributed by atoms with van der Waals surface area (Å²) in [4.78, 5) is 74.2. The van der Waals surface area contributed by atoms with E-state index in [0.717, 1.165) is 201 Å². The van der Waals surface area contributed by atoms with Crippen molar-refractivity contribution in [3.8, 4) is 33.4 Å². The number of aliphatic hydroxyl groups excluding tert-OH is 8. The molecule has 0 amide bonds. The second-order valence-corrected chi connectivity index (χ2v) is 43.5. The van der Waals surface area contributed by atoms with E-state index in [1.807, 2.05) is 140 Å². The van der Waals surface area contributed by atoms with Crippen LogP contribution < -0.4 is 0 Å². The van der Waals surface area contributed by atoms with Crippen LogP contribution in [0.25, 0.3) is 84.3 Å². The summed E-state index contributed by atoms with van der Waals surface area (Å²) in [5.41, 5.74) is 18.7. The first-order chi connectivity index (χ1) is 71.9. The minimum absolute atomic E-state index is 0.0369. The standard InChI is InChI=1S/C26H26FNO4.C26H24FNO3.C25H26FNO2.C25H38O5.C24H40O4/c1-15-2-11-23-22(12-15)25(16-5-7-18(27)8-6-16)21(26(28-23)17-3-4-17)10-9-19(29)13-20(30)14-24(31)32;1-15-12-17(27)8-10-20(15)25-21-4-2-3-5-23(21)28-26(16-6-7-16)22(25)11-9-19-13-18(29)14-24(30)31-19;1-2-19(28)15-20(29)13-14-22-24(16-9-11-18(26)12-10-16)21-5-3-4-6-23(21)27-25(22)17-7-8-17;1-5-15(3)25(28)30-22-12-17(6-2)11-18-8-7-16(4)21(24(18)22)10-9-20-13-19(26)14-23(27)29-20;1-6-16(4)24(27)28-22-13-15(3)12-18-9-8-17(5)21(23(18)22)11-10-20(26)14-19(25)7-2/h2,5-12,17,19-20,29-30H,3-4,13-14H2,1H3,(H,31,32);2-5,8-12,16,18-19,29H,6-7,13-14H2,1H3;3-6,9-14,17,19-20,28-29H,2,7-8,15H2,1H3;7-8,11,15-17,19-22,24,26H,5-6,9-10,12-14H2,1-4H3;8-9,12,15-17,19-23,25-26H,6-7,10-11,13-14H2,1-5H3/b10-9+;11-9+;14-13+;;/t19-,20-;18-,19-;19-,20+;15-,16-,17-,19+,20+,21-,22-,24-;15-,16-,17-,19-,20-,21-,22-,23-/m11000/s1. The van der Waals surface area contributed by atoms with Gasteiger partial charge in [-0.25, -0.2) is 13.2 Å². The molecule has 18 rings (SSSR count). The van der Waals surface area contributed by atoms with Crippen LogP contribution in [0.3, 0.4) is 0 Å². The number of pyridine rings is 3. The van der Waals surface area contributed by atoms with Gasteiger partial charge in [0, 0.05) is 105 Å². The fourth-order valence-corrected chi connectivity index (χ4v) is 22.0. The summed E-state index contributed by atoms with van der Waals surface area (Å²) in [6.07, 6.45) is 34.5. The maximum atomic E-state index is 13.9. The van der Waals surface area contributed by atoms with E-state index < -0.39 is 67.3 Å². The molecule has 22 atom stereocenters. The number of benzene rings is 6. The van der Waals surface area contributed by atoms with Crippen LogP contribution in [-0.2, 0) is 42.9 Å². The first kappa shape index (κ1) is 114. The molecule has 24 heteroatoms. The van der Waals surface area contributed by atoms with E-state index in [-0.39, 0.29) is 103 Å². The Kier molecular flexibility index (Phi) is 40.5. The van der Waals surface area contributed by atoms with Gasteiger partial charge in [-0.2, -0.15) is 0 Å². The maximum Gasteiger partial charge on any atom is 0.309 e. The zero-order chi connectivity index (χ0) is 107. The summed E-state index contributed by atoms with van der Waals surface area (Å²) in [5, 5.41) is 92.2. The van der Waals surface area contributed by atoms with Crippen LogP contribution in [0.2, 0.25) is 0 Å². The second-order valence-electron chi connectivity index (χ2n) is 43.5. The fraction of sp³-hybridized carbons (Fsp3) is 0.492. The molecule has 9 aromatic rings. The van der Waals surface area contributed by atoms with Crippen molar-refractivity contribution in [2.24, 2.45) is 59.2 Å². The summed E-state index contributed by atoms with van der Waals surface area (Å²) in [7, 11) is 0. The van der Waals surface area contributed by atoms with Crippen molar-refractivity contribution >= 4 is 80.8 Å². The number of carboxylic acids is 1. The molecule has 802 valence electrons. The summed E-state index contributed by atoms with van der Waals surface area (Å²) < 4.78 is 64.1. The molecule has 0 unspecified atom stereocenters. The quantitative estimate of drug-likeness (QED) is 0.0132. The van der Waals surface area contributed by atoms with E-state index in [4.69, 9.17) is 39.0 Å². The van der Waals surface area contributed by atoms with Crippen molar-refractivity contribution < 1.29 is 102 Å². The number of allylic oxidation sites excluding steroid dienone is 6. The van der Waals surface area contributed by atoms with Gasteiger partial charge in [0.1, 0.15) is 41.9 Å². The van der Waals surface area contributed by atoms with Gasteiger partial charge in [0.15, 0.2) is 0 Å². The zero-order valence-corrected chi connectivity index (χ0v) is 88.9. The molecule has 0 bridgehead atoms. The number of aromatic nitrogens is 3. The normalized spacial score (nSPS) is 24.6. The van der Waals surface area contributed by atoms with E-state index in [1.54, 1.807) is 48.6 Å². The molecule has 2 saturated heterocycles. The van der Waals surface area contributed by atoms with E-state index in [9.17, 15) is 78.0 Å². The molecule has 9 aliphatic rings. The molecule has 5 fully saturated rings. The predicted octanol–water partition coefficient (Wildman–Crippen LogP) is 24.8. The second kappa shape index (κ2) is 53.2. The van der Waals surface area contributed by atoms with Gasteiger partial charge in [-0.3, -0.25) is 38.9 Å². The van der Waals surface area contributed by atoms with Crippen molar-refractivity contribution in [3.63, 3.8) is 0 Å². The Labute approximate surface area is 881 Å². The molecule has 150 heavy (non-hydrogen) atoms. The van der Waals surface area contributed by atoms with Gasteiger partial charge in [-0.05, 0) is 265 Å². The zero-order valence-electron chi connectivity index (χ0n) is 88.9. The highest BCUT2D eigenvalue weighted by Gasteiger charge is 2.46. The van der Waals surface area contributed by atoms with E-state index in [2.05, 4.69) is 70.2 Å². The van der Waals surface area contributed by atoms with Gasteiger partial charge >= 0.3 is 29.8 Å². The van der Waals surface area contributed by atoms with Crippen LogP contribution in [0, 0.1) is 90.5 Å². The highest BCUT2D eigenvalue weighted by atomic mass is 19.1. The molecular formula is C126H154F3N3O18. The molecular weight excluding hydrogens is 1900 g/mol. The van der Waals surface area contributed by atoms with E-state index >= 15 is 0 Å². The third kappa shape index (κ3) is 30.6. The fourth-order valence-electron chi connectivity index (χ4n) is 22.0. The molecule has 0 radical (unpaired) electrons. The summed E-state index contributed by atoms with van der Waals surface area (Å²) in [6, 6.07) is 39.8. The predicted molar refractivity (Wildman–Crippen MR) is 583 cm³/mol. The highest BCUT2D eigenvalue weighted by Crippen LogP contribution is 2.53. The first-order valence-electron chi connectivity index (χ1n) is 54.8. The first-order valence-corrected chi connectivity index (χ1v) is 54.8. The number of rotatable bonds is 35. The number of halogens is 3. The minimum Gasteiger partial charge on any atom is -0.481 e. The average Bonchev–Trinajstić information content (AvgIpc) is 1.52. The molecule has 7 aliphatic carbocycles. The van der Waals surface area contributed by atoms with Crippen LogP contribution >= 0.6 is 0 Å². The Morgan fingerprint density at radius 1 is 0.487 bits per heavy atom. The topological polar surface area (TPSA) is 343 Å². The number of carbonyl (C=O) groups excluding carboxylic acids is 4. The maximum absolute atomic E-state index is 13.9. The lowest BCUT2D eigenvalue weighted by atomic mass is 9.65. The Morgan fingerprint density at radius 2 is 0.953 bits per heavy atom. The Morgan fingerprint density at radius 3 is 1.45 bits per heavy atom. The van der Waals surface area contributed by atoms with Gasteiger partial charge in [0.05, 0.1) is 114 Å². The van der Waals surface area contributed by atoms with Crippen molar-refractivity contribution in [3.05, 3.63) is 262 Å².